The molecular weight excluding hydrogens is 542 g/mol. The molecule has 1 amide bonds. The molecule has 0 radical (unpaired) electrons. The fourth-order valence-electron chi connectivity index (χ4n) is 5.27. The standard InChI is InChI=1S/C29H39N5O6Si/c1-19-17-23-20(9-16-41(23,4)5)18-22(19)40-24-8-7-21(39-24)26(35)31-25-27(36-2)32-29(33-28(25)37-3)30-10-6-11-34-12-14-38-15-13-34/h7-8,17-18H,6,9-16H2,1-5H3,(H,31,35)(H,30,32,33). The van der Waals surface area contributed by atoms with Crippen molar-refractivity contribution in [3.63, 3.8) is 0 Å². The van der Waals surface area contributed by atoms with E-state index >= 15 is 0 Å². The van der Waals surface area contributed by atoms with Gasteiger partial charge >= 0.3 is 0 Å². The van der Waals surface area contributed by atoms with Crippen LogP contribution in [0.1, 0.15) is 28.1 Å². The van der Waals surface area contributed by atoms with E-state index in [9.17, 15) is 4.79 Å². The average Bonchev–Trinajstić information content (AvgIpc) is 3.56. The monoisotopic (exact) mass is 581 g/mol. The SMILES string of the molecule is COc1nc(NCCCN2CCOCC2)nc(OC)c1NC(=O)c1ccc(Oc2cc3c(cc2C)[Si](C)(C)CC3)o1. The second kappa shape index (κ2) is 12.5. The average molecular weight is 582 g/mol. The van der Waals surface area contributed by atoms with Gasteiger partial charge in [0, 0.05) is 25.7 Å². The van der Waals surface area contributed by atoms with Crippen molar-refractivity contribution in [1.82, 2.24) is 14.9 Å². The quantitative estimate of drug-likeness (QED) is 0.254. The number of methoxy groups -OCH3 is 2. The van der Waals surface area contributed by atoms with Crippen LogP contribution in [0.4, 0.5) is 11.6 Å². The van der Waals surface area contributed by atoms with Gasteiger partial charge in [-0.25, -0.2) is 0 Å². The number of nitrogens with zero attached hydrogens (tertiary/aromatic N) is 3. The first-order valence-electron chi connectivity index (χ1n) is 14.0. The summed E-state index contributed by atoms with van der Waals surface area (Å²) >= 11 is 0. The zero-order valence-corrected chi connectivity index (χ0v) is 25.5. The summed E-state index contributed by atoms with van der Waals surface area (Å²) in [5.74, 6) is 1.23. The molecule has 2 aromatic heterocycles. The Labute approximate surface area is 241 Å². The first kappa shape index (κ1) is 28.9. The number of aryl methyl sites for hydroxylation is 2. The molecule has 0 unspecified atom stereocenters. The number of carbonyl (C=O) groups excluding carboxylic acids is 1. The third-order valence-corrected chi connectivity index (χ3v) is 11.1. The molecule has 41 heavy (non-hydrogen) atoms. The molecule has 0 aliphatic carbocycles. The Morgan fingerprint density at radius 3 is 2.54 bits per heavy atom. The number of morpholine rings is 1. The maximum atomic E-state index is 13.1. The Morgan fingerprint density at radius 2 is 1.83 bits per heavy atom. The van der Waals surface area contributed by atoms with Gasteiger partial charge < -0.3 is 34.0 Å². The van der Waals surface area contributed by atoms with E-state index in [0.717, 1.165) is 57.0 Å². The molecule has 1 saturated heterocycles. The van der Waals surface area contributed by atoms with Gasteiger partial charge in [-0.3, -0.25) is 9.69 Å². The number of nitrogens with one attached hydrogen (secondary N) is 2. The van der Waals surface area contributed by atoms with E-state index in [1.807, 2.05) is 6.92 Å². The number of hydrogen-bond donors (Lipinski definition) is 2. The van der Waals surface area contributed by atoms with E-state index < -0.39 is 14.0 Å². The largest absolute Gasteiger partial charge is 0.479 e. The summed E-state index contributed by atoms with van der Waals surface area (Å²) in [6.45, 7) is 11.9. The third kappa shape index (κ3) is 6.66. The molecule has 0 spiro atoms. The van der Waals surface area contributed by atoms with Crippen LogP contribution in [-0.4, -0.2) is 82.5 Å². The van der Waals surface area contributed by atoms with Crippen LogP contribution >= 0.6 is 0 Å². The Hall–Kier alpha value is -3.61. The van der Waals surface area contributed by atoms with Gasteiger partial charge in [0.1, 0.15) is 5.75 Å². The second-order valence-electron chi connectivity index (χ2n) is 11.0. The topological polar surface area (TPSA) is 120 Å². The van der Waals surface area contributed by atoms with Crippen molar-refractivity contribution in [2.24, 2.45) is 0 Å². The van der Waals surface area contributed by atoms with Gasteiger partial charge in [0.05, 0.1) is 35.5 Å². The molecule has 220 valence electrons. The second-order valence-corrected chi connectivity index (χ2v) is 15.8. The van der Waals surface area contributed by atoms with E-state index in [1.165, 1.54) is 31.0 Å². The maximum Gasteiger partial charge on any atom is 0.291 e. The molecule has 11 nitrogen and oxygen atoms in total. The molecule has 2 N–H and O–H groups in total. The lowest BCUT2D eigenvalue weighted by atomic mass is 10.1. The summed E-state index contributed by atoms with van der Waals surface area (Å²) in [4.78, 5) is 24.3. The molecule has 2 aliphatic heterocycles. The number of carbonyl (C=O) groups is 1. The molecule has 4 heterocycles. The van der Waals surface area contributed by atoms with E-state index in [-0.39, 0.29) is 29.2 Å². The van der Waals surface area contributed by atoms with Crippen LogP contribution in [0.15, 0.2) is 28.7 Å². The van der Waals surface area contributed by atoms with Gasteiger partial charge in [0.15, 0.2) is 11.4 Å². The van der Waals surface area contributed by atoms with Crippen LogP contribution in [0.5, 0.6) is 23.5 Å². The number of furan rings is 1. The number of hydrogen-bond acceptors (Lipinski definition) is 10. The van der Waals surface area contributed by atoms with Crippen LogP contribution in [0.25, 0.3) is 0 Å². The summed E-state index contributed by atoms with van der Waals surface area (Å²) in [7, 11) is 1.58. The molecule has 2 aliphatic rings. The molecular formula is C29H39N5O6Si. The highest BCUT2D eigenvalue weighted by atomic mass is 28.3. The summed E-state index contributed by atoms with van der Waals surface area (Å²) in [6, 6.07) is 8.81. The number of fused-ring (bicyclic) bond motifs is 1. The number of aromatic nitrogens is 2. The van der Waals surface area contributed by atoms with E-state index in [4.69, 9.17) is 23.4 Å². The van der Waals surface area contributed by atoms with Crippen molar-refractivity contribution in [2.45, 2.75) is 38.9 Å². The summed E-state index contributed by atoms with van der Waals surface area (Å²) in [5.41, 5.74) is 2.61. The highest BCUT2D eigenvalue weighted by Crippen LogP contribution is 2.35. The van der Waals surface area contributed by atoms with Crippen molar-refractivity contribution >= 4 is 30.8 Å². The van der Waals surface area contributed by atoms with Crippen LogP contribution in [0.3, 0.4) is 0 Å². The molecule has 3 aromatic rings. The van der Waals surface area contributed by atoms with Crippen molar-refractivity contribution in [1.29, 1.82) is 0 Å². The predicted molar refractivity (Wildman–Crippen MR) is 159 cm³/mol. The lowest BCUT2D eigenvalue weighted by molar-refractivity contribution is 0.0378. The van der Waals surface area contributed by atoms with Crippen molar-refractivity contribution in [2.75, 3.05) is 64.2 Å². The first-order valence-corrected chi connectivity index (χ1v) is 17.2. The molecule has 0 saturated carbocycles. The smallest absolute Gasteiger partial charge is 0.291 e. The highest BCUT2D eigenvalue weighted by Gasteiger charge is 2.32. The summed E-state index contributed by atoms with van der Waals surface area (Å²) in [6.07, 6.45) is 1.99. The van der Waals surface area contributed by atoms with Gasteiger partial charge in [-0.1, -0.05) is 24.3 Å². The van der Waals surface area contributed by atoms with Crippen LogP contribution in [0.2, 0.25) is 19.1 Å². The van der Waals surface area contributed by atoms with Crippen molar-refractivity contribution in [3.05, 3.63) is 41.2 Å². The Morgan fingerprint density at radius 1 is 1.10 bits per heavy atom. The Kier molecular flexibility index (Phi) is 8.81. The predicted octanol–water partition coefficient (Wildman–Crippen LogP) is 4.05. The zero-order chi connectivity index (χ0) is 29.0. The fourth-order valence-corrected chi connectivity index (χ4v) is 8.11. The van der Waals surface area contributed by atoms with E-state index in [1.54, 1.807) is 12.1 Å². The number of anilines is 2. The minimum Gasteiger partial charge on any atom is -0.479 e. The fraction of sp³-hybridized carbons (Fsp3) is 0.483. The molecule has 0 atom stereocenters. The van der Waals surface area contributed by atoms with Gasteiger partial charge in [-0.2, -0.15) is 9.97 Å². The molecule has 5 rings (SSSR count). The Bertz CT molecular complexity index is 1360. The van der Waals surface area contributed by atoms with Crippen molar-refractivity contribution in [3.8, 4) is 23.5 Å². The molecule has 1 fully saturated rings. The lowest BCUT2D eigenvalue weighted by Crippen LogP contribution is -2.37. The maximum absolute atomic E-state index is 13.1. The summed E-state index contributed by atoms with van der Waals surface area (Å²) < 4.78 is 28.1. The summed E-state index contributed by atoms with van der Waals surface area (Å²) in [5, 5.41) is 7.47. The highest BCUT2D eigenvalue weighted by molar-refractivity contribution is 6.91. The molecule has 1 aromatic carbocycles. The van der Waals surface area contributed by atoms with Gasteiger partial charge in [-0.15, -0.1) is 0 Å². The van der Waals surface area contributed by atoms with E-state index in [0.29, 0.717) is 12.5 Å². The van der Waals surface area contributed by atoms with Gasteiger partial charge in [0.25, 0.3) is 11.9 Å². The van der Waals surface area contributed by atoms with Gasteiger partial charge in [0.2, 0.25) is 17.7 Å². The van der Waals surface area contributed by atoms with Gasteiger partial charge in [-0.05, 0) is 55.6 Å². The molecule has 12 heteroatoms. The number of rotatable bonds is 11. The normalized spacial score (nSPS) is 16.2. The lowest BCUT2D eigenvalue weighted by Gasteiger charge is -2.26. The van der Waals surface area contributed by atoms with Crippen LogP contribution in [-0.2, 0) is 11.2 Å². The van der Waals surface area contributed by atoms with Crippen LogP contribution in [0, 0.1) is 6.92 Å². The third-order valence-electron chi connectivity index (χ3n) is 7.67. The minimum atomic E-state index is -1.36. The van der Waals surface area contributed by atoms with Crippen molar-refractivity contribution < 1.29 is 28.2 Å². The van der Waals surface area contributed by atoms with E-state index in [2.05, 4.69) is 50.7 Å². The minimum absolute atomic E-state index is 0.0711. The number of ether oxygens (including phenoxy) is 4. The Balaban J connectivity index is 1.23. The van der Waals surface area contributed by atoms with Crippen LogP contribution < -0.4 is 30.0 Å². The zero-order valence-electron chi connectivity index (χ0n) is 24.5. The number of benzene rings is 1. The first-order chi connectivity index (χ1) is 19.8. The number of amides is 1. The molecule has 0 bridgehead atoms.